The van der Waals surface area contributed by atoms with Gasteiger partial charge in [-0.2, -0.15) is 0 Å². The smallest absolute Gasteiger partial charge is 0.0169 e. The molecule has 15 heavy (non-hydrogen) atoms. The van der Waals surface area contributed by atoms with E-state index in [0.717, 1.165) is 5.03 Å². The third-order valence-electron chi connectivity index (χ3n) is 2.98. The highest BCUT2D eigenvalue weighted by Crippen LogP contribution is 2.27. The quantitative estimate of drug-likeness (QED) is 0.432. The highest BCUT2D eigenvalue weighted by atomic mass is 35.5. The predicted molar refractivity (Wildman–Crippen MR) is 71.4 cm³/mol. The first-order chi connectivity index (χ1) is 7.26. The average Bonchev–Trinajstić information content (AvgIpc) is 2.26. The van der Waals surface area contributed by atoms with Crippen LogP contribution in [0.5, 0.6) is 0 Å². The first-order valence-electron chi connectivity index (χ1n) is 6.57. The molecule has 0 aromatic rings. The fraction of sp³-hybridized carbons (Fsp3) is 0.857. The third kappa shape index (κ3) is 7.90. The Morgan fingerprint density at radius 2 is 1.47 bits per heavy atom. The summed E-state index contributed by atoms with van der Waals surface area (Å²) in [5.41, 5.74) is 0. The molecule has 0 aliphatic rings. The lowest BCUT2D eigenvalue weighted by Gasteiger charge is -2.15. The van der Waals surface area contributed by atoms with E-state index in [1.165, 1.54) is 51.4 Å². The highest BCUT2D eigenvalue weighted by Gasteiger charge is 2.10. The van der Waals surface area contributed by atoms with Crippen molar-refractivity contribution in [2.75, 3.05) is 0 Å². The van der Waals surface area contributed by atoms with Crippen molar-refractivity contribution < 1.29 is 0 Å². The van der Waals surface area contributed by atoms with Crippen molar-refractivity contribution in [3.63, 3.8) is 0 Å². The molecule has 0 spiro atoms. The molecule has 0 fully saturated rings. The minimum atomic E-state index is 0.634. The molecule has 0 radical (unpaired) electrons. The Labute approximate surface area is 101 Å². The van der Waals surface area contributed by atoms with Crippen LogP contribution in [0, 0.1) is 5.92 Å². The molecule has 0 heterocycles. The van der Waals surface area contributed by atoms with Gasteiger partial charge in [0.05, 0.1) is 0 Å². The molecular formula is C14H27Cl. The van der Waals surface area contributed by atoms with Gasteiger partial charge >= 0.3 is 0 Å². The molecule has 0 saturated carbocycles. The van der Waals surface area contributed by atoms with Crippen molar-refractivity contribution in [3.8, 4) is 0 Å². The molecule has 0 bridgehead atoms. The summed E-state index contributed by atoms with van der Waals surface area (Å²) in [7, 11) is 0. The molecule has 0 nitrogen and oxygen atoms in total. The van der Waals surface area contributed by atoms with Gasteiger partial charge in [0.1, 0.15) is 0 Å². The van der Waals surface area contributed by atoms with Crippen molar-refractivity contribution in [1.29, 1.82) is 0 Å². The molecule has 0 amide bonds. The van der Waals surface area contributed by atoms with Crippen LogP contribution in [0.2, 0.25) is 0 Å². The standard InChI is InChI=1S/C14H27Cl/c1-4-7-9-11-13(14(15)6-3)12-10-8-5-2/h6,13H,4-5,7-12H2,1-3H3/b14-6-. The maximum atomic E-state index is 6.25. The van der Waals surface area contributed by atoms with E-state index in [2.05, 4.69) is 26.8 Å². The van der Waals surface area contributed by atoms with Gasteiger partial charge < -0.3 is 0 Å². The summed E-state index contributed by atoms with van der Waals surface area (Å²) in [4.78, 5) is 0. The summed E-state index contributed by atoms with van der Waals surface area (Å²) in [5.74, 6) is 0.634. The van der Waals surface area contributed by atoms with Crippen LogP contribution < -0.4 is 0 Å². The zero-order valence-electron chi connectivity index (χ0n) is 10.7. The van der Waals surface area contributed by atoms with Crippen molar-refractivity contribution in [2.45, 2.75) is 72.1 Å². The van der Waals surface area contributed by atoms with Crippen LogP contribution in [0.4, 0.5) is 0 Å². The molecule has 0 saturated heterocycles. The molecule has 0 atom stereocenters. The Morgan fingerprint density at radius 1 is 1.00 bits per heavy atom. The van der Waals surface area contributed by atoms with Gasteiger partial charge in [0.25, 0.3) is 0 Å². The van der Waals surface area contributed by atoms with Crippen LogP contribution in [0.15, 0.2) is 11.1 Å². The summed E-state index contributed by atoms with van der Waals surface area (Å²) in [6.07, 6.45) is 12.6. The minimum Gasteiger partial charge on any atom is -0.0892 e. The summed E-state index contributed by atoms with van der Waals surface area (Å²) in [6, 6.07) is 0. The molecule has 0 N–H and O–H groups in total. The van der Waals surface area contributed by atoms with Crippen LogP contribution in [0.1, 0.15) is 72.1 Å². The van der Waals surface area contributed by atoms with Gasteiger partial charge in [-0.3, -0.25) is 0 Å². The lowest BCUT2D eigenvalue weighted by molar-refractivity contribution is 0.474. The van der Waals surface area contributed by atoms with Gasteiger partial charge in [0.15, 0.2) is 0 Å². The molecule has 0 aromatic carbocycles. The van der Waals surface area contributed by atoms with Crippen LogP contribution in [0.3, 0.4) is 0 Å². The largest absolute Gasteiger partial charge is 0.0892 e. The highest BCUT2D eigenvalue weighted by molar-refractivity contribution is 6.29. The fourth-order valence-electron chi connectivity index (χ4n) is 1.94. The normalized spacial score (nSPS) is 12.5. The fourth-order valence-corrected chi connectivity index (χ4v) is 2.16. The lowest BCUT2D eigenvalue weighted by Crippen LogP contribution is -2.01. The summed E-state index contributed by atoms with van der Waals surface area (Å²) in [6.45, 7) is 6.56. The third-order valence-corrected chi connectivity index (χ3v) is 3.50. The molecule has 0 rings (SSSR count). The van der Waals surface area contributed by atoms with Crippen LogP contribution in [-0.4, -0.2) is 0 Å². The molecule has 0 aliphatic heterocycles. The molecule has 90 valence electrons. The van der Waals surface area contributed by atoms with Gasteiger partial charge in [-0.15, -0.1) is 0 Å². The number of unbranched alkanes of at least 4 members (excludes halogenated alkanes) is 4. The van der Waals surface area contributed by atoms with Crippen molar-refractivity contribution in [3.05, 3.63) is 11.1 Å². The van der Waals surface area contributed by atoms with E-state index in [-0.39, 0.29) is 0 Å². The molecule has 0 aromatic heterocycles. The second-order valence-electron chi connectivity index (χ2n) is 4.36. The number of hydrogen-bond donors (Lipinski definition) is 0. The maximum Gasteiger partial charge on any atom is 0.0169 e. The molecule has 0 aliphatic carbocycles. The zero-order chi connectivity index (χ0) is 11.5. The Kier molecular flexibility index (Phi) is 10.6. The lowest BCUT2D eigenvalue weighted by atomic mass is 9.94. The topological polar surface area (TPSA) is 0 Å². The summed E-state index contributed by atoms with van der Waals surface area (Å²) in [5, 5.41) is 1.09. The van der Waals surface area contributed by atoms with E-state index in [9.17, 15) is 0 Å². The Hall–Kier alpha value is 0.0300. The predicted octanol–water partition coefficient (Wildman–Crippen LogP) is 5.91. The number of allylic oxidation sites excluding steroid dienone is 2. The second kappa shape index (κ2) is 10.5. The van der Waals surface area contributed by atoms with Gasteiger partial charge in [-0.05, 0) is 25.7 Å². The number of hydrogen-bond acceptors (Lipinski definition) is 0. The Morgan fingerprint density at radius 3 is 1.80 bits per heavy atom. The van der Waals surface area contributed by atoms with Crippen LogP contribution in [-0.2, 0) is 0 Å². The second-order valence-corrected chi connectivity index (χ2v) is 4.80. The SMILES string of the molecule is C/C=C(\Cl)C(CCCCC)CCCCC. The van der Waals surface area contributed by atoms with Gasteiger partial charge in [0.2, 0.25) is 0 Å². The van der Waals surface area contributed by atoms with E-state index >= 15 is 0 Å². The average molecular weight is 231 g/mol. The zero-order valence-corrected chi connectivity index (χ0v) is 11.4. The van der Waals surface area contributed by atoms with Crippen molar-refractivity contribution in [2.24, 2.45) is 5.92 Å². The van der Waals surface area contributed by atoms with Crippen LogP contribution in [0.25, 0.3) is 0 Å². The first-order valence-corrected chi connectivity index (χ1v) is 6.95. The Bertz CT molecular complexity index is 151. The summed E-state index contributed by atoms with van der Waals surface area (Å²) >= 11 is 6.25. The van der Waals surface area contributed by atoms with Crippen molar-refractivity contribution in [1.82, 2.24) is 0 Å². The number of rotatable bonds is 9. The van der Waals surface area contributed by atoms with Crippen molar-refractivity contribution >= 4 is 11.6 Å². The van der Waals surface area contributed by atoms with E-state index < -0.39 is 0 Å². The molecule has 0 unspecified atom stereocenters. The van der Waals surface area contributed by atoms with E-state index in [1.54, 1.807) is 0 Å². The van der Waals surface area contributed by atoms with E-state index in [1.807, 2.05) is 0 Å². The van der Waals surface area contributed by atoms with Crippen LogP contribution >= 0.6 is 11.6 Å². The van der Waals surface area contributed by atoms with Gasteiger partial charge in [0, 0.05) is 5.03 Å². The van der Waals surface area contributed by atoms with Gasteiger partial charge in [-0.25, -0.2) is 0 Å². The van der Waals surface area contributed by atoms with Gasteiger partial charge in [-0.1, -0.05) is 70.0 Å². The molecular weight excluding hydrogens is 204 g/mol. The molecule has 1 heteroatoms. The summed E-state index contributed by atoms with van der Waals surface area (Å²) < 4.78 is 0. The van der Waals surface area contributed by atoms with E-state index in [0.29, 0.717) is 5.92 Å². The van der Waals surface area contributed by atoms with E-state index in [4.69, 9.17) is 11.6 Å². The first kappa shape index (κ1) is 15.0. The minimum absolute atomic E-state index is 0.634. The maximum absolute atomic E-state index is 6.25. The number of halogens is 1. The Balaban J connectivity index is 3.85. The monoisotopic (exact) mass is 230 g/mol.